The van der Waals surface area contributed by atoms with Crippen LogP contribution in [0.4, 0.5) is 0 Å². The van der Waals surface area contributed by atoms with Crippen LogP contribution in [0.2, 0.25) is 0 Å². The highest BCUT2D eigenvalue weighted by molar-refractivity contribution is 9.10. The van der Waals surface area contributed by atoms with Crippen LogP contribution in [0.1, 0.15) is 22.3 Å². The van der Waals surface area contributed by atoms with E-state index in [-0.39, 0.29) is 0 Å². The molecule has 0 bridgehead atoms. The molecular formula is C28H24BBrN2O2. The first kappa shape index (κ1) is 26.6. The molecule has 4 rings (SSSR count). The molecule has 0 heterocycles. The summed E-state index contributed by atoms with van der Waals surface area (Å²) in [6.07, 6.45) is 0. The molecule has 0 aliphatic heterocycles. The molecule has 6 heteroatoms. The molecule has 0 spiro atoms. The van der Waals surface area contributed by atoms with Crippen molar-refractivity contribution in [1.82, 2.24) is 0 Å². The van der Waals surface area contributed by atoms with Crippen LogP contribution in [0.25, 0.3) is 11.1 Å². The predicted octanol–water partition coefficient (Wildman–Crippen LogP) is 5.53. The average Bonchev–Trinajstić information content (AvgIpc) is 2.86. The van der Waals surface area contributed by atoms with E-state index >= 15 is 0 Å². The van der Waals surface area contributed by atoms with Gasteiger partial charge in [-0.25, -0.2) is 0 Å². The van der Waals surface area contributed by atoms with Crippen molar-refractivity contribution in [3.8, 4) is 23.3 Å². The van der Waals surface area contributed by atoms with E-state index in [2.05, 4.69) is 41.1 Å². The van der Waals surface area contributed by atoms with Crippen LogP contribution < -0.4 is 5.46 Å². The molecule has 0 aromatic heterocycles. The lowest BCUT2D eigenvalue weighted by Gasteiger charge is -2.03. The van der Waals surface area contributed by atoms with Gasteiger partial charge in [-0.05, 0) is 64.6 Å². The first-order chi connectivity index (χ1) is 16.3. The standard InChI is InChI=1S/C14H11N.C7H9BO2.C7H4BrN/c1-11-6-8-12(9-7-11)14-5-3-2-4-13(14)10-15;1-6-2-4-7(5-3-6)8(9)10;8-7-4-2-1-3-6(7)5-9/h2-9H,1H3;2-5,9-10H,1H3;1-4H. The number of aryl methyl sites for hydroxylation is 2. The Hall–Kier alpha value is -3.68. The van der Waals surface area contributed by atoms with Gasteiger partial charge in [-0.3, -0.25) is 0 Å². The zero-order valence-corrected chi connectivity index (χ0v) is 20.6. The van der Waals surface area contributed by atoms with E-state index in [0.29, 0.717) is 11.0 Å². The first-order valence-electron chi connectivity index (χ1n) is 10.5. The SMILES string of the molecule is Cc1ccc(-c2ccccc2C#N)cc1.Cc1ccc(B(O)O)cc1.N#Cc1ccccc1Br. The number of nitrogens with zero attached hydrogens (tertiary/aromatic N) is 2. The Kier molecular flexibility index (Phi) is 10.8. The smallest absolute Gasteiger partial charge is 0.423 e. The number of hydrogen-bond acceptors (Lipinski definition) is 4. The van der Waals surface area contributed by atoms with E-state index in [1.54, 1.807) is 18.2 Å². The summed E-state index contributed by atoms with van der Waals surface area (Å²) in [4.78, 5) is 0. The fraction of sp³-hybridized carbons (Fsp3) is 0.0714. The van der Waals surface area contributed by atoms with Crippen molar-refractivity contribution in [2.45, 2.75) is 13.8 Å². The fourth-order valence-electron chi connectivity index (χ4n) is 2.86. The summed E-state index contributed by atoms with van der Waals surface area (Å²) in [6.45, 7) is 4.01. The van der Waals surface area contributed by atoms with E-state index < -0.39 is 7.12 Å². The van der Waals surface area contributed by atoms with Gasteiger partial charge in [-0.2, -0.15) is 10.5 Å². The van der Waals surface area contributed by atoms with Crippen molar-refractivity contribution in [3.63, 3.8) is 0 Å². The van der Waals surface area contributed by atoms with Gasteiger partial charge in [-0.15, -0.1) is 0 Å². The molecule has 168 valence electrons. The van der Waals surface area contributed by atoms with Crippen molar-refractivity contribution in [2.75, 3.05) is 0 Å². The maximum Gasteiger partial charge on any atom is 0.488 e. The van der Waals surface area contributed by atoms with Gasteiger partial charge in [-0.1, -0.05) is 90.0 Å². The van der Waals surface area contributed by atoms with Crippen LogP contribution in [0.3, 0.4) is 0 Å². The lowest BCUT2D eigenvalue weighted by molar-refractivity contribution is 0.426. The molecule has 0 radical (unpaired) electrons. The van der Waals surface area contributed by atoms with Gasteiger partial charge in [0.05, 0.1) is 17.2 Å². The molecule has 0 aliphatic carbocycles. The summed E-state index contributed by atoms with van der Waals surface area (Å²) in [7, 11) is -1.35. The van der Waals surface area contributed by atoms with Crippen molar-refractivity contribution >= 4 is 28.5 Å². The second-order valence-corrected chi connectivity index (χ2v) is 8.25. The van der Waals surface area contributed by atoms with E-state index in [9.17, 15) is 0 Å². The third-order valence-electron chi connectivity index (χ3n) is 4.78. The number of rotatable bonds is 2. The number of halogens is 1. The minimum absolute atomic E-state index is 0.533. The molecule has 0 atom stereocenters. The van der Waals surface area contributed by atoms with Gasteiger partial charge in [0.1, 0.15) is 6.07 Å². The van der Waals surface area contributed by atoms with Gasteiger partial charge >= 0.3 is 7.12 Å². The molecule has 4 nitrogen and oxygen atoms in total. The zero-order chi connectivity index (χ0) is 24.9. The van der Waals surface area contributed by atoms with Crippen molar-refractivity contribution in [1.29, 1.82) is 10.5 Å². The Bertz CT molecular complexity index is 1280. The summed E-state index contributed by atoms with van der Waals surface area (Å²) < 4.78 is 0.854. The second kappa shape index (κ2) is 13.8. The van der Waals surface area contributed by atoms with E-state index in [4.69, 9.17) is 20.6 Å². The zero-order valence-electron chi connectivity index (χ0n) is 19.0. The average molecular weight is 511 g/mol. The fourth-order valence-corrected chi connectivity index (χ4v) is 3.23. The number of hydrogen-bond donors (Lipinski definition) is 2. The Balaban J connectivity index is 0.000000189. The summed E-state index contributed by atoms with van der Waals surface area (Å²) >= 11 is 3.23. The third kappa shape index (κ3) is 8.35. The van der Waals surface area contributed by atoms with Crippen molar-refractivity contribution < 1.29 is 10.0 Å². The van der Waals surface area contributed by atoms with Crippen molar-refractivity contribution in [2.24, 2.45) is 0 Å². The summed E-state index contributed by atoms with van der Waals surface area (Å²) in [5, 5.41) is 34.8. The Morgan fingerprint density at radius 2 is 1.12 bits per heavy atom. The highest BCUT2D eigenvalue weighted by atomic mass is 79.9. The van der Waals surface area contributed by atoms with Crippen LogP contribution in [0, 0.1) is 36.5 Å². The highest BCUT2D eigenvalue weighted by Crippen LogP contribution is 2.23. The quantitative estimate of drug-likeness (QED) is 0.347. The van der Waals surface area contributed by atoms with Gasteiger partial charge in [0.2, 0.25) is 0 Å². The number of nitriles is 2. The molecule has 0 saturated heterocycles. The first-order valence-corrected chi connectivity index (χ1v) is 11.3. The largest absolute Gasteiger partial charge is 0.488 e. The topological polar surface area (TPSA) is 88.0 Å². The minimum atomic E-state index is -1.35. The Labute approximate surface area is 209 Å². The molecule has 0 fully saturated rings. The molecule has 0 saturated carbocycles. The monoisotopic (exact) mass is 510 g/mol. The molecule has 4 aromatic rings. The van der Waals surface area contributed by atoms with Gasteiger partial charge in [0.25, 0.3) is 0 Å². The predicted molar refractivity (Wildman–Crippen MR) is 141 cm³/mol. The Morgan fingerprint density at radius 1 is 0.647 bits per heavy atom. The third-order valence-corrected chi connectivity index (χ3v) is 5.47. The van der Waals surface area contributed by atoms with E-state index in [0.717, 1.165) is 26.7 Å². The highest BCUT2D eigenvalue weighted by Gasteiger charge is 2.08. The molecule has 0 amide bonds. The maximum atomic E-state index is 8.98. The summed E-state index contributed by atoms with van der Waals surface area (Å²) in [6, 6.07) is 34.5. The van der Waals surface area contributed by atoms with Crippen LogP contribution >= 0.6 is 15.9 Å². The Morgan fingerprint density at radius 3 is 1.59 bits per heavy atom. The molecule has 0 aliphatic rings. The van der Waals surface area contributed by atoms with Gasteiger partial charge in [0, 0.05) is 4.47 Å². The lowest BCUT2D eigenvalue weighted by Crippen LogP contribution is -2.29. The molecule has 2 N–H and O–H groups in total. The van der Waals surface area contributed by atoms with Crippen LogP contribution in [-0.4, -0.2) is 17.2 Å². The molecular weight excluding hydrogens is 487 g/mol. The van der Waals surface area contributed by atoms with Crippen molar-refractivity contribution in [3.05, 3.63) is 124 Å². The normalized spacial score (nSPS) is 9.26. The minimum Gasteiger partial charge on any atom is -0.423 e. The van der Waals surface area contributed by atoms with Gasteiger partial charge in [0.15, 0.2) is 0 Å². The number of benzene rings is 4. The van der Waals surface area contributed by atoms with Crippen LogP contribution in [0.15, 0.2) is 102 Å². The summed E-state index contributed by atoms with van der Waals surface area (Å²) in [5.74, 6) is 0. The van der Waals surface area contributed by atoms with Gasteiger partial charge < -0.3 is 10.0 Å². The lowest BCUT2D eigenvalue weighted by atomic mass is 9.80. The molecule has 4 aromatic carbocycles. The van der Waals surface area contributed by atoms with E-state index in [1.165, 1.54) is 5.56 Å². The molecule has 34 heavy (non-hydrogen) atoms. The van der Waals surface area contributed by atoms with E-state index in [1.807, 2.05) is 79.7 Å². The van der Waals surface area contributed by atoms with Crippen LogP contribution in [0.5, 0.6) is 0 Å². The second-order valence-electron chi connectivity index (χ2n) is 7.40. The maximum absolute atomic E-state index is 8.98. The van der Waals surface area contributed by atoms with Crippen LogP contribution in [-0.2, 0) is 0 Å². The summed E-state index contributed by atoms with van der Waals surface area (Å²) in [5.41, 5.74) is 6.37. The molecule has 0 unspecified atom stereocenters.